The summed E-state index contributed by atoms with van der Waals surface area (Å²) in [4.78, 5) is 28.5. The number of hydrogen-bond acceptors (Lipinski definition) is 3. The Morgan fingerprint density at radius 3 is 2.61 bits per heavy atom. The Balaban J connectivity index is 1.73. The highest BCUT2D eigenvalue weighted by molar-refractivity contribution is 5.84. The number of carbonyl (C=O) groups excluding carboxylic acids is 2. The third kappa shape index (κ3) is 3.11. The third-order valence-corrected chi connectivity index (χ3v) is 4.85. The van der Waals surface area contributed by atoms with Crippen LogP contribution in [0.2, 0.25) is 0 Å². The van der Waals surface area contributed by atoms with Crippen molar-refractivity contribution in [2.75, 3.05) is 27.2 Å². The van der Waals surface area contributed by atoms with Gasteiger partial charge in [0.15, 0.2) is 0 Å². The molecule has 0 bridgehead atoms. The van der Waals surface area contributed by atoms with Crippen molar-refractivity contribution in [2.24, 2.45) is 5.92 Å². The van der Waals surface area contributed by atoms with Crippen molar-refractivity contribution >= 4 is 11.8 Å². The molecule has 0 unspecified atom stereocenters. The van der Waals surface area contributed by atoms with Crippen LogP contribution in [-0.2, 0) is 20.7 Å². The number of nitrogens with zero attached hydrogens (tertiary/aromatic N) is 2. The summed E-state index contributed by atoms with van der Waals surface area (Å²) < 4.78 is 5.77. The van der Waals surface area contributed by atoms with Crippen molar-refractivity contribution in [3.63, 3.8) is 0 Å². The fraction of sp³-hybridized carbons (Fsp3) is 0.556. The molecule has 23 heavy (non-hydrogen) atoms. The first kappa shape index (κ1) is 16.0. The van der Waals surface area contributed by atoms with E-state index in [0.717, 1.165) is 12.0 Å². The van der Waals surface area contributed by atoms with E-state index in [-0.39, 0.29) is 29.9 Å². The molecule has 5 heteroatoms. The number of aryl methyl sites for hydroxylation is 1. The van der Waals surface area contributed by atoms with Crippen LogP contribution in [0.3, 0.4) is 0 Å². The van der Waals surface area contributed by atoms with E-state index in [1.165, 1.54) is 5.56 Å². The van der Waals surface area contributed by atoms with Gasteiger partial charge in [0, 0.05) is 27.2 Å². The van der Waals surface area contributed by atoms with Crippen LogP contribution in [0.4, 0.5) is 0 Å². The molecule has 3 rings (SSSR count). The molecule has 0 radical (unpaired) electrons. The van der Waals surface area contributed by atoms with E-state index in [1.807, 2.05) is 36.1 Å². The van der Waals surface area contributed by atoms with Crippen LogP contribution in [0.25, 0.3) is 0 Å². The van der Waals surface area contributed by atoms with E-state index in [2.05, 4.69) is 0 Å². The lowest BCUT2D eigenvalue weighted by molar-refractivity contribution is -0.135. The molecule has 2 aliphatic heterocycles. The van der Waals surface area contributed by atoms with Crippen molar-refractivity contribution < 1.29 is 14.3 Å². The summed E-state index contributed by atoms with van der Waals surface area (Å²) in [7, 11) is 3.51. The highest BCUT2D eigenvalue weighted by Gasteiger charge is 2.50. The molecule has 0 N–H and O–H groups in total. The summed E-state index contributed by atoms with van der Waals surface area (Å²) in [5, 5.41) is 0. The SMILES string of the molecule is Cc1ccc(CC(=O)N2C[C@H](C(=O)N(C)C)[C@@H]3OCC[C@@H]32)cc1. The maximum atomic E-state index is 12.7. The molecule has 0 aromatic heterocycles. The lowest BCUT2D eigenvalue weighted by Gasteiger charge is -2.22. The van der Waals surface area contributed by atoms with Gasteiger partial charge in [0.25, 0.3) is 0 Å². The molecule has 5 nitrogen and oxygen atoms in total. The van der Waals surface area contributed by atoms with E-state index < -0.39 is 0 Å². The highest BCUT2D eigenvalue weighted by Crippen LogP contribution is 2.34. The van der Waals surface area contributed by atoms with Crippen LogP contribution >= 0.6 is 0 Å². The number of ether oxygens (including phenoxy) is 1. The molecule has 2 saturated heterocycles. The zero-order valence-electron chi connectivity index (χ0n) is 14.0. The van der Waals surface area contributed by atoms with Gasteiger partial charge in [0.05, 0.1) is 24.5 Å². The Hall–Kier alpha value is -1.88. The topological polar surface area (TPSA) is 49.9 Å². The number of hydrogen-bond donors (Lipinski definition) is 0. The minimum absolute atomic E-state index is 0.0434. The van der Waals surface area contributed by atoms with Crippen molar-refractivity contribution in [2.45, 2.75) is 31.9 Å². The van der Waals surface area contributed by atoms with Crippen LogP contribution in [0.1, 0.15) is 17.5 Å². The fourth-order valence-electron chi connectivity index (χ4n) is 3.59. The lowest BCUT2D eigenvalue weighted by atomic mass is 10.0. The minimum atomic E-state index is -0.237. The second kappa shape index (κ2) is 6.32. The number of carbonyl (C=O) groups is 2. The van der Waals surface area contributed by atoms with E-state index in [4.69, 9.17) is 4.74 Å². The standard InChI is InChI=1S/C18H24N2O3/c1-12-4-6-13(7-5-12)10-16(21)20-11-14(18(22)19(2)3)17-15(20)8-9-23-17/h4-7,14-15,17H,8-11H2,1-3H3/t14-,15-,17-/m0/s1. The van der Waals surface area contributed by atoms with Crippen molar-refractivity contribution in [1.82, 2.24) is 9.80 Å². The number of benzene rings is 1. The van der Waals surface area contributed by atoms with Crippen LogP contribution in [0.5, 0.6) is 0 Å². The van der Waals surface area contributed by atoms with Gasteiger partial charge in [-0.3, -0.25) is 9.59 Å². The van der Waals surface area contributed by atoms with Gasteiger partial charge in [-0.25, -0.2) is 0 Å². The maximum absolute atomic E-state index is 12.7. The molecule has 0 spiro atoms. The van der Waals surface area contributed by atoms with E-state index in [9.17, 15) is 9.59 Å². The Morgan fingerprint density at radius 2 is 1.96 bits per heavy atom. The molecule has 2 aliphatic rings. The van der Waals surface area contributed by atoms with Crippen molar-refractivity contribution in [1.29, 1.82) is 0 Å². The van der Waals surface area contributed by atoms with Gasteiger partial charge in [0.1, 0.15) is 0 Å². The molecular formula is C18H24N2O3. The molecule has 124 valence electrons. The Labute approximate surface area is 137 Å². The average Bonchev–Trinajstić information content (AvgIpc) is 3.10. The largest absolute Gasteiger partial charge is 0.375 e. The summed E-state index contributed by atoms with van der Waals surface area (Å²) in [5.74, 6) is -0.101. The van der Waals surface area contributed by atoms with Gasteiger partial charge in [-0.05, 0) is 18.9 Å². The number of rotatable bonds is 3. The fourth-order valence-corrected chi connectivity index (χ4v) is 3.59. The smallest absolute Gasteiger partial charge is 0.229 e. The summed E-state index contributed by atoms with van der Waals surface area (Å²) in [6, 6.07) is 8.07. The molecule has 2 amide bonds. The van der Waals surface area contributed by atoms with Crippen LogP contribution in [0.15, 0.2) is 24.3 Å². The predicted octanol–water partition coefficient (Wildman–Crippen LogP) is 1.24. The first-order valence-electron chi connectivity index (χ1n) is 8.15. The zero-order valence-corrected chi connectivity index (χ0v) is 14.0. The predicted molar refractivity (Wildman–Crippen MR) is 86.9 cm³/mol. The van der Waals surface area contributed by atoms with Crippen LogP contribution in [0, 0.1) is 12.8 Å². The number of fused-ring (bicyclic) bond motifs is 1. The molecule has 2 heterocycles. The summed E-state index contributed by atoms with van der Waals surface area (Å²) >= 11 is 0. The first-order chi connectivity index (χ1) is 11.0. The molecule has 3 atom stereocenters. The number of likely N-dealkylation sites (tertiary alicyclic amines) is 1. The van der Waals surface area contributed by atoms with Gasteiger partial charge >= 0.3 is 0 Å². The monoisotopic (exact) mass is 316 g/mol. The van der Waals surface area contributed by atoms with E-state index in [0.29, 0.717) is 19.6 Å². The lowest BCUT2D eigenvalue weighted by Crippen LogP contribution is -2.38. The normalized spacial score (nSPS) is 26.2. The quantitative estimate of drug-likeness (QED) is 0.843. The van der Waals surface area contributed by atoms with Crippen LogP contribution < -0.4 is 0 Å². The van der Waals surface area contributed by atoms with E-state index >= 15 is 0 Å². The minimum Gasteiger partial charge on any atom is -0.375 e. The van der Waals surface area contributed by atoms with E-state index in [1.54, 1.807) is 19.0 Å². The van der Waals surface area contributed by atoms with Gasteiger partial charge < -0.3 is 14.5 Å². The molecule has 2 fully saturated rings. The molecule has 0 saturated carbocycles. The molecule has 1 aromatic carbocycles. The Morgan fingerprint density at radius 1 is 1.26 bits per heavy atom. The van der Waals surface area contributed by atoms with Gasteiger partial charge in [-0.1, -0.05) is 29.8 Å². The second-order valence-electron chi connectivity index (χ2n) is 6.74. The summed E-state index contributed by atoms with van der Waals surface area (Å²) in [6.07, 6.45) is 1.06. The van der Waals surface area contributed by atoms with Crippen LogP contribution in [-0.4, -0.2) is 61.0 Å². The summed E-state index contributed by atoms with van der Waals surface area (Å²) in [5.41, 5.74) is 2.20. The first-order valence-corrected chi connectivity index (χ1v) is 8.15. The van der Waals surface area contributed by atoms with Gasteiger partial charge in [-0.15, -0.1) is 0 Å². The summed E-state index contributed by atoms with van der Waals surface area (Å²) in [6.45, 7) is 3.13. The van der Waals surface area contributed by atoms with Gasteiger partial charge in [0.2, 0.25) is 11.8 Å². The third-order valence-electron chi connectivity index (χ3n) is 4.85. The number of amides is 2. The zero-order chi connectivity index (χ0) is 16.6. The average molecular weight is 316 g/mol. The highest BCUT2D eigenvalue weighted by atomic mass is 16.5. The maximum Gasteiger partial charge on any atom is 0.229 e. The van der Waals surface area contributed by atoms with Gasteiger partial charge in [-0.2, -0.15) is 0 Å². The van der Waals surface area contributed by atoms with Crippen molar-refractivity contribution in [3.8, 4) is 0 Å². The van der Waals surface area contributed by atoms with Crippen molar-refractivity contribution in [3.05, 3.63) is 35.4 Å². The Bertz CT molecular complexity index is 597. The Kier molecular flexibility index (Phi) is 4.39. The molecule has 0 aliphatic carbocycles. The second-order valence-corrected chi connectivity index (χ2v) is 6.74. The molecule has 1 aromatic rings. The molecular weight excluding hydrogens is 292 g/mol.